The first-order chi connectivity index (χ1) is 13.7. The van der Waals surface area contributed by atoms with Gasteiger partial charge in [-0.15, -0.1) is 0 Å². The van der Waals surface area contributed by atoms with Crippen molar-refractivity contribution in [1.82, 2.24) is 15.5 Å². The Morgan fingerprint density at radius 2 is 1.76 bits per heavy atom. The Morgan fingerprint density at radius 3 is 2.34 bits per heavy atom. The normalized spacial score (nSPS) is 11.8. The van der Waals surface area contributed by atoms with E-state index in [2.05, 4.69) is 15.6 Å². The molecule has 0 aliphatic heterocycles. The van der Waals surface area contributed by atoms with E-state index in [0.717, 1.165) is 11.1 Å². The summed E-state index contributed by atoms with van der Waals surface area (Å²) in [7, 11) is -0.307. The molecule has 0 radical (unpaired) electrons. The Hall–Kier alpha value is -2.91. The molecule has 0 fully saturated rings. The molecule has 0 aliphatic carbocycles. The van der Waals surface area contributed by atoms with Crippen molar-refractivity contribution in [2.75, 3.05) is 20.6 Å². The van der Waals surface area contributed by atoms with Crippen molar-refractivity contribution in [2.24, 2.45) is 10.1 Å². The van der Waals surface area contributed by atoms with Crippen molar-refractivity contribution < 1.29 is 13.2 Å². The van der Waals surface area contributed by atoms with E-state index in [1.54, 1.807) is 38.4 Å². The summed E-state index contributed by atoms with van der Waals surface area (Å²) >= 11 is 0. The fraction of sp³-hybridized carbons (Fsp3) is 0.300. The van der Waals surface area contributed by atoms with Crippen molar-refractivity contribution in [1.29, 1.82) is 0 Å². The van der Waals surface area contributed by atoms with Gasteiger partial charge in [0.15, 0.2) is 5.96 Å². The SMILES string of the molecule is CCNC(=NCc1cccc(S(N)(=O)=O)c1)NCc1ccc(C(=O)N(C)C)cc1. The molecular weight excluding hydrogens is 390 g/mol. The van der Waals surface area contributed by atoms with E-state index in [4.69, 9.17) is 5.14 Å². The zero-order valence-corrected chi connectivity index (χ0v) is 17.7. The maximum Gasteiger partial charge on any atom is 0.253 e. The van der Waals surface area contributed by atoms with Gasteiger partial charge in [-0.3, -0.25) is 4.79 Å². The van der Waals surface area contributed by atoms with Gasteiger partial charge in [-0.25, -0.2) is 18.5 Å². The highest BCUT2D eigenvalue weighted by Crippen LogP contribution is 2.11. The van der Waals surface area contributed by atoms with Crippen molar-refractivity contribution >= 4 is 21.9 Å². The van der Waals surface area contributed by atoms with Crippen LogP contribution in [-0.2, 0) is 23.1 Å². The highest BCUT2D eigenvalue weighted by Gasteiger charge is 2.09. The number of carbonyl (C=O) groups excluding carboxylic acids is 1. The zero-order valence-electron chi connectivity index (χ0n) is 16.8. The molecule has 0 saturated carbocycles. The van der Waals surface area contributed by atoms with Gasteiger partial charge in [0.2, 0.25) is 10.0 Å². The zero-order chi connectivity index (χ0) is 21.4. The molecule has 0 bridgehead atoms. The minimum Gasteiger partial charge on any atom is -0.357 e. The summed E-state index contributed by atoms with van der Waals surface area (Å²) in [6, 6.07) is 13.8. The standard InChI is InChI=1S/C20H27N5O3S/c1-4-22-20(24-14-16-6-5-7-18(12-16)29(21,27)28)23-13-15-8-10-17(11-9-15)19(26)25(2)3/h5-12H,4,13-14H2,1-3H3,(H2,21,27,28)(H2,22,23,24). The van der Waals surface area contributed by atoms with Gasteiger partial charge in [0.25, 0.3) is 5.91 Å². The van der Waals surface area contributed by atoms with Crippen LogP contribution in [0.1, 0.15) is 28.4 Å². The van der Waals surface area contributed by atoms with Crippen LogP contribution in [0.4, 0.5) is 0 Å². The van der Waals surface area contributed by atoms with Gasteiger partial charge in [-0.05, 0) is 42.3 Å². The van der Waals surface area contributed by atoms with Gasteiger partial charge in [-0.2, -0.15) is 0 Å². The summed E-state index contributed by atoms with van der Waals surface area (Å²) in [5.74, 6) is 0.558. The molecule has 0 spiro atoms. The third-order valence-corrected chi connectivity index (χ3v) is 4.97. The first-order valence-electron chi connectivity index (χ1n) is 9.15. The number of nitrogens with zero attached hydrogens (tertiary/aromatic N) is 2. The maximum absolute atomic E-state index is 11.9. The molecule has 2 aromatic carbocycles. The minimum absolute atomic E-state index is 0.0406. The number of carbonyl (C=O) groups is 1. The Labute approximate surface area is 171 Å². The number of benzene rings is 2. The number of nitrogens with two attached hydrogens (primary N) is 1. The second-order valence-electron chi connectivity index (χ2n) is 6.64. The third-order valence-electron chi connectivity index (χ3n) is 4.06. The van der Waals surface area contributed by atoms with Crippen LogP contribution in [0.3, 0.4) is 0 Å². The molecular formula is C20H27N5O3S. The molecule has 0 aliphatic rings. The lowest BCUT2D eigenvalue weighted by Crippen LogP contribution is -2.36. The van der Waals surface area contributed by atoms with Crippen LogP contribution in [0.2, 0.25) is 0 Å². The number of amides is 1. The van der Waals surface area contributed by atoms with E-state index >= 15 is 0 Å². The highest BCUT2D eigenvalue weighted by molar-refractivity contribution is 7.89. The van der Waals surface area contributed by atoms with E-state index in [9.17, 15) is 13.2 Å². The third kappa shape index (κ3) is 6.88. The van der Waals surface area contributed by atoms with Gasteiger partial charge in [-0.1, -0.05) is 24.3 Å². The highest BCUT2D eigenvalue weighted by atomic mass is 32.2. The summed E-state index contributed by atoms with van der Waals surface area (Å²) in [6.07, 6.45) is 0. The molecule has 2 rings (SSSR count). The lowest BCUT2D eigenvalue weighted by molar-refractivity contribution is 0.0827. The second-order valence-corrected chi connectivity index (χ2v) is 8.20. The number of nitrogens with one attached hydrogen (secondary N) is 2. The average molecular weight is 418 g/mol. The molecule has 0 saturated heterocycles. The van der Waals surface area contributed by atoms with Crippen LogP contribution in [0.15, 0.2) is 58.4 Å². The number of primary sulfonamides is 1. The Balaban J connectivity index is 2.04. The van der Waals surface area contributed by atoms with E-state index in [1.807, 2.05) is 19.1 Å². The molecule has 4 N–H and O–H groups in total. The largest absolute Gasteiger partial charge is 0.357 e. The molecule has 0 atom stereocenters. The van der Waals surface area contributed by atoms with Crippen LogP contribution in [-0.4, -0.2) is 45.8 Å². The molecule has 1 amide bonds. The Morgan fingerprint density at radius 1 is 1.07 bits per heavy atom. The molecule has 9 heteroatoms. The Kier molecular flexibility index (Phi) is 7.74. The number of rotatable bonds is 7. The fourth-order valence-electron chi connectivity index (χ4n) is 2.54. The van der Waals surface area contributed by atoms with Gasteiger partial charge in [0, 0.05) is 32.7 Å². The van der Waals surface area contributed by atoms with Crippen molar-refractivity contribution in [2.45, 2.75) is 24.9 Å². The molecule has 156 valence electrons. The van der Waals surface area contributed by atoms with E-state index < -0.39 is 10.0 Å². The predicted molar refractivity (Wildman–Crippen MR) is 114 cm³/mol. The van der Waals surface area contributed by atoms with Crippen molar-refractivity contribution in [3.05, 3.63) is 65.2 Å². The van der Waals surface area contributed by atoms with Crippen LogP contribution >= 0.6 is 0 Å². The lowest BCUT2D eigenvalue weighted by Gasteiger charge is -2.13. The summed E-state index contributed by atoms with van der Waals surface area (Å²) in [6.45, 7) is 3.47. The number of hydrogen-bond acceptors (Lipinski definition) is 4. The topological polar surface area (TPSA) is 117 Å². The van der Waals surface area contributed by atoms with Crippen LogP contribution in [0.5, 0.6) is 0 Å². The molecule has 0 aromatic heterocycles. The predicted octanol–water partition coefficient (Wildman–Crippen LogP) is 1.29. The maximum atomic E-state index is 11.9. The van der Waals surface area contributed by atoms with E-state index in [0.29, 0.717) is 31.2 Å². The monoisotopic (exact) mass is 417 g/mol. The number of guanidine groups is 1. The number of sulfonamides is 1. The summed E-state index contributed by atoms with van der Waals surface area (Å²) < 4.78 is 23.0. The number of hydrogen-bond donors (Lipinski definition) is 3. The van der Waals surface area contributed by atoms with Crippen LogP contribution < -0.4 is 15.8 Å². The van der Waals surface area contributed by atoms with Crippen molar-refractivity contribution in [3.8, 4) is 0 Å². The van der Waals surface area contributed by atoms with Crippen LogP contribution in [0.25, 0.3) is 0 Å². The lowest BCUT2D eigenvalue weighted by atomic mass is 10.1. The minimum atomic E-state index is -3.74. The van der Waals surface area contributed by atoms with Gasteiger partial charge in [0.1, 0.15) is 0 Å². The number of aliphatic imine (C=N–C) groups is 1. The molecule has 0 unspecified atom stereocenters. The quantitative estimate of drug-likeness (QED) is 0.464. The molecule has 8 nitrogen and oxygen atoms in total. The summed E-state index contributed by atoms with van der Waals surface area (Å²) in [4.78, 5) is 18.0. The van der Waals surface area contributed by atoms with E-state index in [-0.39, 0.29) is 10.8 Å². The van der Waals surface area contributed by atoms with Gasteiger partial charge < -0.3 is 15.5 Å². The summed E-state index contributed by atoms with van der Waals surface area (Å²) in [5, 5.41) is 11.5. The molecule has 0 heterocycles. The fourth-order valence-corrected chi connectivity index (χ4v) is 3.13. The van der Waals surface area contributed by atoms with Crippen molar-refractivity contribution in [3.63, 3.8) is 0 Å². The smallest absolute Gasteiger partial charge is 0.253 e. The second kappa shape index (κ2) is 10.0. The van der Waals surface area contributed by atoms with Gasteiger partial charge in [0.05, 0.1) is 11.4 Å². The summed E-state index contributed by atoms with van der Waals surface area (Å²) in [5.41, 5.74) is 2.37. The molecule has 29 heavy (non-hydrogen) atoms. The van der Waals surface area contributed by atoms with Crippen LogP contribution in [0, 0.1) is 0 Å². The Bertz CT molecular complexity index is 970. The molecule has 2 aromatic rings. The van der Waals surface area contributed by atoms with E-state index in [1.165, 1.54) is 17.0 Å². The van der Waals surface area contributed by atoms with Gasteiger partial charge >= 0.3 is 0 Å². The first kappa shape index (κ1) is 22.4. The first-order valence-corrected chi connectivity index (χ1v) is 10.7. The average Bonchev–Trinajstić information content (AvgIpc) is 2.69.